The first-order valence-electron chi connectivity index (χ1n) is 6.66. The fourth-order valence-corrected chi connectivity index (χ4v) is 4.91. The Bertz CT molecular complexity index is 747. The maximum atomic E-state index is 12.1. The molecule has 0 atom stereocenters. The van der Waals surface area contributed by atoms with Crippen molar-refractivity contribution in [2.75, 3.05) is 12.3 Å². The van der Waals surface area contributed by atoms with Gasteiger partial charge in [-0.1, -0.05) is 29.3 Å². The highest BCUT2D eigenvalue weighted by Crippen LogP contribution is 2.28. The normalized spacial score (nSPS) is 11.6. The second-order valence-corrected chi connectivity index (χ2v) is 9.54. The molecule has 1 N–H and O–H groups in total. The molecule has 2 aromatic rings. The number of rotatable bonds is 7. The Balaban J connectivity index is 1.82. The molecule has 23 heavy (non-hydrogen) atoms. The van der Waals surface area contributed by atoms with Gasteiger partial charge in [0.25, 0.3) is 0 Å². The van der Waals surface area contributed by atoms with Gasteiger partial charge >= 0.3 is 0 Å². The van der Waals surface area contributed by atoms with E-state index in [9.17, 15) is 8.42 Å². The van der Waals surface area contributed by atoms with Crippen molar-refractivity contribution in [3.63, 3.8) is 0 Å². The van der Waals surface area contributed by atoms with Gasteiger partial charge in [0.05, 0.1) is 4.90 Å². The highest BCUT2D eigenvalue weighted by Gasteiger charge is 2.13. The summed E-state index contributed by atoms with van der Waals surface area (Å²) in [5, 5.41) is 1.26. The predicted octanol–water partition coefficient (Wildman–Crippen LogP) is 4.81. The molecule has 0 aliphatic carbocycles. The summed E-state index contributed by atoms with van der Waals surface area (Å²) < 4.78 is 27.8. The molecule has 0 saturated heterocycles. The standard InChI is InChI=1S/C15H14Cl2INO2S2/c16-14-2-1-3-15(17)13(14)10-22-9-8-19-23(20,21)12-6-4-11(18)5-7-12/h1-7,19H,8-10H2. The van der Waals surface area contributed by atoms with Crippen LogP contribution in [0.15, 0.2) is 47.4 Å². The van der Waals surface area contributed by atoms with Crippen LogP contribution in [-0.4, -0.2) is 20.7 Å². The van der Waals surface area contributed by atoms with Crippen LogP contribution >= 0.6 is 57.6 Å². The van der Waals surface area contributed by atoms with E-state index in [1.165, 1.54) is 0 Å². The lowest BCUT2D eigenvalue weighted by molar-refractivity contribution is 0.584. The number of benzene rings is 2. The van der Waals surface area contributed by atoms with Crippen molar-refractivity contribution < 1.29 is 8.42 Å². The topological polar surface area (TPSA) is 46.2 Å². The Hall–Kier alpha value is 0.01000. The lowest BCUT2D eigenvalue weighted by Crippen LogP contribution is -2.26. The molecule has 0 amide bonds. The molecule has 0 bridgehead atoms. The predicted molar refractivity (Wildman–Crippen MR) is 107 cm³/mol. The molecule has 124 valence electrons. The highest BCUT2D eigenvalue weighted by atomic mass is 127. The Morgan fingerprint density at radius 3 is 2.26 bits per heavy atom. The van der Waals surface area contributed by atoms with Gasteiger partial charge in [0, 0.05) is 31.7 Å². The maximum absolute atomic E-state index is 12.1. The van der Waals surface area contributed by atoms with Crippen LogP contribution in [0.1, 0.15) is 5.56 Å². The van der Waals surface area contributed by atoms with Gasteiger partial charge in [-0.2, -0.15) is 11.8 Å². The van der Waals surface area contributed by atoms with Gasteiger partial charge in [0.15, 0.2) is 0 Å². The summed E-state index contributed by atoms with van der Waals surface area (Å²) in [6.45, 7) is 0.348. The fourth-order valence-electron chi connectivity index (χ4n) is 1.79. The maximum Gasteiger partial charge on any atom is 0.240 e. The summed E-state index contributed by atoms with van der Waals surface area (Å²) in [7, 11) is -3.46. The van der Waals surface area contributed by atoms with Crippen molar-refractivity contribution in [1.82, 2.24) is 4.72 Å². The van der Waals surface area contributed by atoms with Gasteiger partial charge in [-0.15, -0.1) is 0 Å². The lowest BCUT2D eigenvalue weighted by atomic mass is 10.2. The third-order valence-corrected chi connectivity index (χ3v) is 6.86. The second kappa shape index (κ2) is 8.92. The van der Waals surface area contributed by atoms with Crippen molar-refractivity contribution >= 4 is 67.6 Å². The summed E-state index contributed by atoms with van der Waals surface area (Å²) in [5.74, 6) is 1.27. The van der Waals surface area contributed by atoms with E-state index in [2.05, 4.69) is 27.3 Å². The molecule has 8 heteroatoms. The van der Waals surface area contributed by atoms with Crippen LogP contribution in [0.25, 0.3) is 0 Å². The molecule has 3 nitrogen and oxygen atoms in total. The summed E-state index contributed by atoms with van der Waals surface area (Å²) in [5.41, 5.74) is 0.876. The van der Waals surface area contributed by atoms with E-state index in [0.29, 0.717) is 28.1 Å². The number of halogens is 3. The Kier molecular flexibility index (Phi) is 7.50. The zero-order chi connectivity index (χ0) is 16.9. The van der Waals surface area contributed by atoms with E-state index in [-0.39, 0.29) is 4.90 Å². The minimum Gasteiger partial charge on any atom is -0.210 e. The molecule has 2 aromatic carbocycles. The van der Waals surface area contributed by atoms with Crippen LogP contribution in [0.4, 0.5) is 0 Å². The molecule has 0 radical (unpaired) electrons. The molecule has 0 saturated carbocycles. The van der Waals surface area contributed by atoms with E-state index < -0.39 is 10.0 Å². The molecule has 0 aromatic heterocycles. The second-order valence-electron chi connectivity index (χ2n) is 4.60. The molecule has 2 rings (SSSR count). The Morgan fingerprint density at radius 1 is 1.04 bits per heavy atom. The smallest absolute Gasteiger partial charge is 0.210 e. The van der Waals surface area contributed by atoms with Crippen LogP contribution in [0.5, 0.6) is 0 Å². The first kappa shape index (κ1) is 19.3. The van der Waals surface area contributed by atoms with E-state index >= 15 is 0 Å². The summed E-state index contributed by atoms with van der Waals surface area (Å²) >= 11 is 15.9. The zero-order valence-corrected chi connectivity index (χ0v) is 17.2. The largest absolute Gasteiger partial charge is 0.240 e. The van der Waals surface area contributed by atoms with Crippen LogP contribution < -0.4 is 4.72 Å². The molecule has 0 heterocycles. The number of nitrogens with one attached hydrogen (secondary N) is 1. The van der Waals surface area contributed by atoms with Gasteiger partial charge in [0.1, 0.15) is 0 Å². The summed E-state index contributed by atoms with van der Waals surface area (Å²) in [6.07, 6.45) is 0. The van der Waals surface area contributed by atoms with Crippen molar-refractivity contribution in [2.24, 2.45) is 0 Å². The van der Waals surface area contributed by atoms with Gasteiger partial charge < -0.3 is 0 Å². The van der Waals surface area contributed by atoms with Crippen molar-refractivity contribution in [3.05, 3.63) is 61.6 Å². The van der Waals surface area contributed by atoms with Crippen molar-refractivity contribution in [1.29, 1.82) is 0 Å². The summed E-state index contributed by atoms with van der Waals surface area (Å²) in [4.78, 5) is 0.275. The zero-order valence-electron chi connectivity index (χ0n) is 11.9. The minimum absolute atomic E-state index is 0.275. The highest BCUT2D eigenvalue weighted by molar-refractivity contribution is 14.1. The van der Waals surface area contributed by atoms with Crippen LogP contribution in [0.3, 0.4) is 0 Å². The molecular weight excluding hydrogens is 488 g/mol. The Morgan fingerprint density at radius 2 is 1.65 bits per heavy atom. The number of thioether (sulfide) groups is 1. The third kappa shape index (κ3) is 5.79. The number of sulfonamides is 1. The van der Waals surface area contributed by atoms with Crippen LogP contribution in [0, 0.1) is 3.57 Å². The average molecular weight is 502 g/mol. The van der Waals surface area contributed by atoms with Crippen molar-refractivity contribution in [3.8, 4) is 0 Å². The van der Waals surface area contributed by atoms with Gasteiger partial charge in [0.2, 0.25) is 10.0 Å². The van der Waals surface area contributed by atoms with E-state index in [0.717, 1.165) is 9.13 Å². The molecule has 0 aliphatic heterocycles. The molecular formula is C15H14Cl2INO2S2. The van der Waals surface area contributed by atoms with Gasteiger partial charge in [-0.25, -0.2) is 13.1 Å². The van der Waals surface area contributed by atoms with Gasteiger partial charge in [-0.3, -0.25) is 0 Å². The van der Waals surface area contributed by atoms with E-state index in [1.54, 1.807) is 54.2 Å². The monoisotopic (exact) mass is 501 g/mol. The minimum atomic E-state index is -3.46. The molecule has 0 unspecified atom stereocenters. The van der Waals surface area contributed by atoms with Gasteiger partial charge in [-0.05, 0) is 64.6 Å². The average Bonchev–Trinajstić information content (AvgIpc) is 2.50. The lowest BCUT2D eigenvalue weighted by Gasteiger charge is -2.08. The fraction of sp³-hybridized carbons (Fsp3) is 0.200. The molecule has 0 spiro atoms. The first-order valence-corrected chi connectivity index (χ1v) is 11.1. The van der Waals surface area contributed by atoms with Crippen molar-refractivity contribution in [2.45, 2.75) is 10.6 Å². The van der Waals surface area contributed by atoms with E-state index in [1.807, 2.05) is 0 Å². The quantitative estimate of drug-likeness (QED) is 0.437. The molecule has 0 aliphatic rings. The van der Waals surface area contributed by atoms with Crippen LogP contribution in [-0.2, 0) is 15.8 Å². The first-order chi connectivity index (χ1) is 10.9. The number of hydrogen-bond acceptors (Lipinski definition) is 3. The molecule has 0 fully saturated rings. The SMILES string of the molecule is O=S(=O)(NCCSCc1c(Cl)cccc1Cl)c1ccc(I)cc1. The third-order valence-electron chi connectivity index (χ3n) is 2.97. The number of hydrogen-bond donors (Lipinski definition) is 1. The van der Waals surface area contributed by atoms with Crippen LogP contribution in [0.2, 0.25) is 10.0 Å². The van der Waals surface area contributed by atoms with E-state index in [4.69, 9.17) is 23.2 Å². The summed E-state index contributed by atoms with van der Waals surface area (Å²) in [6, 6.07) is 12.1. The Labute approximate surface area is 164 Å².